The lowest BCUT2D eigenvalue weighted by molar-refractivity contribution is -0.137. The van der Waals surface area contributed by atoms with Gasteiger partial charge in [0.2, 0.25) is 5.95 Å². The molecule has 11 heteroatoms. The zero-order valence-corrected chi connectivity index (χ0v) is 16.9. The van der Waals surface area contributed by atoms with Crippen LogP contribution in [0.4, 0.5) is 32.3 Å². The van der Waals surface area contributed by atoms with Crippen LogP contribution in [-0.4, -0.2) is 47.0 Å². The van der Waals surface area contributed by atoms with Crippen LogP contribution in [0.25, 0.3) is 11.3 Å². The fourth-order valence-corrected chi connectivity index (χ4v) is 3.48. The smallest absolute Gasteiger partial charge is 0.337 e. The number of carbonyl (C=O) groups excluding carboxylic acids is 1. The highest BCUT2D eigenvalue weighted by Crippen LogP contribution is 2.32. The van der Waals surface area contributed by atoms with Crippen LogP contribution in [0.5, 0.6) is 0 Å². The summed E-state index contributed by atoms with van der Waals surface area (Å²) in [5.74, 6) is -4.37. The number of amides is 1. The van der Waals surface area contributed by atoms with Gasteiger partial charge in [-0.2, -0.15) is 13.2 Å². The Hall–Kier alpha value is -3.63. The minimum absolute atomic E-state index is 0.133. The third-order valence-electron chi connectivity index (χ3n) is 5.22. The molecule has 1 amide bonds. The molecule has 33 heavy (non-hydrogen) atoms. The molecule has 0 unspecified atom stereocenters. The summed E-state index contributed by atoms with van der Waals surface area (Å²) in [7, 11) is 0. The molecule has 1 aromatic heterocycles. The normalized spacial score (nSPS) is 14.5. The highest BCUT2D eigenvalue weighted by atomic mass is 19.4. The second kappa shape index (κ2) is 8.72. The molecule has 1 saturated heterocycles. The standard InChI is InChI=1S/C22H16F6N4O/c23-16-12-18(25)17(24)11-15(16)20(33)31-6-8-32(9-7-31)21-29-5-4-19(30-21)13-2-1-3-14(10-13)22(26,27)28/h1-5,10-12H,6-9H2. The van der Waals surface area contributed by atoms with Gasteiger partial charge in [0.15, 0.2) is 11.6 Å². The van der Waals surface area contributed by atoms with Crippen molar-refractivity contribution in [3.63, 3.8) is 0 Å². The van der Waals surface area contributed by atoms with E-state index in [1.165, 1.54) is 29.3 Å². The number of anilines is 1. The zero-order chi connectivity index (χ0) is 23.8. The molecular weight excluding hydrogens is 450 g/mol. The van der Waals surface area contributed by atoms with Gasteiger partial charge in [0, 0.05) is 44.0 Å². The Morgan fingerprint density at radius 3 is 2.27 bits per heavy atom. The first-order valence-electron chi connectivity index (χ1n) is 9.83. The van der Waals surface area contributed by atoms with E-state index in [1.807, 2.05) is 0 Å². The molecule has 0 aliphatic carbocycles. The van der Waals surface area contributed by atoms with E-state index in [4.69, 9.17) is 0 Å². The second-order valence-corrected chi connectivity index (χ2v) is 7.35. The molecule has 1 aliphatic rings. The molecule has 0 radical (unpaired) electrons. The van der Waals surface area contributed by atoms with Gasteiger partial charge in [0.1, 0.15) is 5.82 Å². The Morgan fingerprint density at radius 2 is 1.58 bits per heavy atom. The minimum atomic E-state index is -4.48. The van der Waals surface area contributed by atoms with Crippen molar-refractivity contribution in [2.45, 2.75) is 6.18 Å². The number of alkyl halides is 3. The Balaban J connectivity index is 1.48. The first kappa shape index (κ1) is 22.6. The number of rotatable bonds is 3. The maximum atomic E-state index is 13.9. The molecule has 0 N–H and O–H groups in total. The molecule has 2 heterocycles. The Morgan fingerprint density at radius 1 is 0.879 bits per heavy atom. The van der Waals surface area contributed by atoms with Crippen molar-refractivity contribution in [1.82, 2.24) is 14.9 Å². The summed E-state index contributed by atoms with van der Waals surface area (Å²) in [6.07, 6.45) is -3.06. The summed E-state index contributed by atoms with van der Waals surface area (Å²) in [4.78, 5) is 24.1. The molecule has 0 spiro atoms. The first-order valence-corrected chi connectivity index (χ1v) is 9.83. The first-order chi connectivity index (χ1) is 15.6. The van der Waals surface area contributed by atoms with E-state index < -0.39 is 40.7 Å². The number of benzene rings is 2. The SMILES string of the molecule is O=C(c1cc(F)c(F)cc1F)N1CCN(c2nccc(-c3cccc(C(F)(F)F)c3)n2)CC1. The Bertz CT molecular complexity index is 1190. The number of hydrogen-bond donors (Lipinski definition) is 0. The molecule has 0 bridgehead atoms. The van der Waals surface area contributed by atoms with Gasteiger partial charge in [-0.25, -0.2) is 23.1 Å². The van der Waals surface area contributed by atoms with Crippen molar-refractivity contribution < 1.29 is 31.1 Å². The van der Waals surface area contributed by atoms with E-state index in [9.17, 15) is 31.1 Å². The maximum Gasteiger partial charge on any atom is 0.416 e. The topological polar surface area (TPSA) is 49.3 Å². The van der Waals surface area contributed by atoms with Crippen LogP contribution in [-0.2, 0) is 6.18 Å². The monoisotopic (exact) mass is 466 g/mol. The van der Waals surface area contributed by atoms with Crippen molar-refractivity contribution in [3.05, 3.63) is 77.2 Å². The van der Waals surface area contributed by atoms with Crippen LogP contribution in [0.2, 0.25) is 0 Å². The Kier molecular flexibility index (Phi) is 5.96. The lowest BCUT2D eigenvalue weighted by Crippen LogP contribution is -2.49. The quantitative estimate of drug-likeness (QED) is 0.420. The van der Waals surface area contributed by atoms with E-state index in [2.05, 4.69) is 9.97 Å². The molecule has 1 aliphatic heterocycles. The van der Waals surface area contributed by atoms with Gasteiger partial charge in [-0.15, -0.1) is 0 Å². The van der Waals surface area contributed by atoms with Crippen molar-refractivity contribution in [2.75, 3.05) is 31.1 Å². The van der Waals surface area contributed by atoms with Crippen molar-refractivity contribution in [2.24, 2.45) is 0 Å². The van der Waals surface area contributed by atoms with E-state index >= 15 is 0 Å². The molecular formula is C22H16F6N4O. The lowest BCUT2D eigenvalue weighted by atomic mass is 10.1. The largest absolute Gasteiger partial charge is 0.416 e. The van der Waals surface area contributed by atoms with Gasteiger partial charge in [-0.05, 0) is 24.3 Å². The average Bonchev–Trinajstić information content (AvgIpc) is 2.81. The fourth-order valence-electron chi connectivity index (χ4n) is 3.48. The molecule has 1 fully saturated rings. The molecule has 4 rings (SSSR count). The number of aromatic nitrogens is 2. The van der Waals surface area contributed by atoms with Crippen LogP contribution < -0.4 is 4.90 Å². The summed E-state index contributed by atoms with van der Waals surface area (Å²) in [6, 6.07) is 7.12. The predicted molar refractivity (Wildman–Crippen MR) is 107 cm³/mol. The summed E-state index contributed by atoms with van der Waals surface area (Å²) < 4.78 is 79.5. The van der Waals surface area contributed by atoms with E-state index in [0.29, 0.717) is 17.8 Å². The third-order valence-corrected chi connectivity index (χ3v) is 5.22. The van der Waals surface area contributed by atoms with Gasteiger partial charge >= 0.3 is 6.18 Å². The van der Waals surface area contributed by atoms with Crippen LogP contribution in [0.1, 0.15) is 15.9 Å². The highest BCUT2D eigenvalue weighted by Gasteiger charge is 2.31. The van der Waals surface area contributed by atoms with Crippen LogP contribution >= 0.6 is 0 Å². The molecule has 5 nitrogen and oxygen atoms in total. The van der Waals surface area contributed by atoms with Gasteiger partial charge in [0.05, 0.1) is 16.8 Å². The minimum Gasteiger partial charge on any atom is -0.337 e. The van der Waals surface area contributed by atoms with Crippen LogP contribution in [0.15, 0.2) is 48.7 Å². The summed E-state index contributed by atoms with van der Waals surface area (Å²) in [5.41, 5.74) is -0.786. The maximum absolute atomic E-state index is 13.9. The number of halogens is 6. The number of piperazine rings is 1. The summed E-state index contributed by atoms with van der Waals surface area (Å²) in [5, 5.41) is 0. The van der Waals surface area contributed by atoms with Gasteiger partial charge in [0.25, 0.3) is 5.91 Å². The molecule has 2 aromatic carbocycles. The van der Waals surface area contributed by atoms with E-state index in [-0.39, 0.29) is 37.7 Å². The lowest BCUT2D eigenvalue weighted by Gasteiger charge is -2.34. The summed E-state index contributed by atoms with van der Waals surface area (Å²) in [6.45, 7) is 0.773. The molecule has 3 aromatic rings. The highest BCUT2D eigenvalue weighted by molar-refractivity contribution is 5.94. The van der Waals surface area contributed by atoms with Crippen molar-refractivity contribution >= 4 is 11.9 Å². The van der Waals surface area contributed by atoms with Crippen molar-refractivity contribution in [1.29, 1.82) is 0 Å². The average molecular weight is 466 g/mol. The predicted octanol–water partition coefficient (Wildman–Crippen LogP) is 4.54. The molecule has 0 atom stereocenters. The molecule has 172 valence electrons. The third kappa shape index (κ3) is 4.76. The van der Waals surface area contributed by atoms with E-state index in [1.54, 1.807) is 4.90 Å². The van der Waals surface area contributed by atoms with Gasteiger partial charge < -0.3 is 9.80 Å². The Labute approximate surface area is 184 Å². The molecule has 0 saturated carbocycles. The number of hydrogen-bond acceptors (Lipinski definition) is 4. The fraction of sp³-hybridized carbons (Fsp3) is 0.227. The van der Waals surface area contributed by atoms with Gasteiger partial charge in [-0.3, -0.25) is 4.79 Å². The van der Waals surface area contributed by atoms with Crippen molar-refractivity contribution in [3.8, 4) is 11.3 Å². The zero-order valence-electron chi connectivity index (χ0n) is 16.9. The number of nitrogens with zero attached hydrogens (tertiary/aromatic N) is 4. The summed E-state index contributed by atoms with van der Waals surface area (Å²) >= 11 is 0. The van der Waals surface area contributed by atoms with E-state index in [0.717, 1.165) is 12.1 Å². The van der Waals surface area contributed by atoms with Crippen LogP contribution in [0.3, 0.4) is 0 Å². The van der Waals surface area contributed by atoms with Gasteiger partial charge in [-0.1, -0.05) is 12.1 Å². The second-order valence-electron chi connectivity index (χ2n) is 7.35. The van der Waals surface area contributed by atoms with Crippen LogP contribution in [0, 0.1) is 17.5 Å². The number of carbonyl (C=O) groups is 1.